The van der Waals surface area contributed by atoms with E-state index in [2.05, 4.69) is 48.4 Å². The number of hydrogen-bond donors (Lipinski definition) is 2. The summed E-state index contributed by atoms with van der Waals surface area (Å²) in [5.74, 6) is 1.95. The van der Waals surface area contributed by atoms with Crippen LogP contribution < -0.4 is 20.5 Å². The van der Waals surface area contributed by atoms with E-state index in [1.807, 2.05) is 24.3 Å². The van der Waals surface area contributed by atoms with E-state index >= 15 is 0 Å². The van der Waals surface area contributed by atoms with Crippen LogP contribution in [-0.2, 0) is 12.8 Å². The first kappa shape index (κ1) is 24.1. The Bertz CT molecular complexity index is 749. The first-order valence-corrected chi connectivity index (χ1v) is 9.22. The van der Waals surface area contributed by atoms with Crippen molar-refractivity contribution in [2.45, 2.75) is 26.7 Å². The largest absolute Gasteiger partial charge is 0.493 e. The molecule has 3 N–H and O–H groups in total. The Balaban J connectivity index is 0.00000392. The van der Waals surface area contributed by atoms with Gasteiger partial charge >= 0.3 is 0 Å². The average Bonchev–Trinajstić information content (AvgIpc) is 2.67. The Morgan fingerprint density at radius 1 is 1.00 bits per heavy atom. The van der Waals surface area contributed by atoms with E-state index in [0.29, 0.717) is 19.0 Å². The van der Waals surface area contributed by atoms with Gasteiger partial charge in [0.1, 0.15) is 0 Å². The number of methoxy groups -OCH3 is 2. The van der Waals surface area contributed by atoms with Gasteiger partial charge in [-0.05, 0) is 41.5 Å². The van der Waals surface area contributed by atoms with Gasteiger partial charge in [0.2, 0.25) is 0 Å². The molecule has 0 aliphatic carbocycles. The highest BCUT2D eigenvalue weighted by Crippen LogP contribution is 2.27. The maximum absolute atomic E-state index is 6.03. The van der Waals surface area contributed by atoms with Gasteiger partial charge in [0.25, 0.3) is 0 Å². The van der Waals surface area contributed by atoms with E-state index in [1.54, 1.807) is 14.2 Å². The number of halogens is 1. The van der Waals surface area contributed by atoms with Crippen molar-refractivity contribution in [3.63, 3.8) is 0 Å². The van der Waals surface area contributed by atoms with Crippen LogP contribution in [0.15, 0.2) is 53.5 Å². The Hall–Kier alpha value is -1.96. The SMILES string of the molecule is COc1ccc(CCNC(N)=NCC(C)(C)Cc2ccccc2)cc1OC.I. The number of nitrogens with zero attached hydrogens (tertiary/aromatic N) is 1. The summed E-state index contributed by atoms with van der Waals surface area (Å²) in [6.45, 7) is 5.81. The fourth-order valence-corrected chi connectivity index (χ4v) is 2.93. The van der Waals surface area contributed by atoms with Crippen LogP contribution in [0.5, 0.6) is 11.5 Å². The number of guanidine groups is 1. The molecule has 0 aliphatic rings. The molecule has 0 bridgehead atoms. The smallest absolute Gasteiger partial charge is 0.188 e. The van der Waals surface area contributed by atoms with Gasteiger partial charge in [0.15, 0.2) is 17.5 Å². The minimum absolute atomic E-state index is 0. The van der Waals surface area contributed by atoms with Crippen LogP contribution in [0, 0.1) is 5.41 Å². The van der Waals surface area contributed by atoms with Gasteiger partial charge in [-0.2, -0.15) is 0 Å². The van der Waals surface area contributed by atoms with Crippen molar-refractivity contribution in [2.75, 3.05) is 27.3 Å². The second-order valence-electron chi connectivity index (χ2n) is 7.39. The summed E-state index contributed by atoms with van der Waals surface area (Å²) >= 11 is 0. The third-order valence-corrected chi connectivity index (χ3v) is 4.37. The molecule has 0 spiro atoms. The van der Waals surface area contributed by atoms with E-state index in [-0.39, 0.29) is 29.4 Å². The molecular formula is C22H32IN3O2. The maximum atomic E-state index is 6.03. The number of ether oxygens (including phenoxy) is 2. The molecule has 6 heteroatoms. The fourth-order valence-electron chi connectivity index (χ4n) is 2.93. The van der Waals surface area contributed by atoms with Crippen molar-refractivity contribution >= 4 is 29.9 Å². The Morgan fingerprint density at radius 2 is 1.68 bits per heavy atom. The second kappa shape index (κ2) is 11.8. The predicted octanol–water partition coefficient (Wildman–Crippen LogP) is 4.04. The third-order valence-electron chi connectivity index (χ3n) is 4.37. The molecule has 0 aliphatic heterocycles. The number of benzene rings is 2. The topological polar surface area (TPSA) is 68.9 Å². The summed E-state index contributed by atoms with van der Waals surface area (Å²) in [4.78, 5) is 4.52. The summed E-state index contributed by atoms with van der Waals surface area (Å²) in [5, 5.41) is 3.19. The van der Waals surface area contributed by atoms with Crippen LogP contribution in [0.1, 0.15) is 25.0 Å². The summed E-state index contributed by atoms with van der Waals surface area (Å²) in [6, 6.07) is 16.4. The van der Waals surface area contributed by atoms with Gasteiger partial charge in [0.05, 0.1) is 14.2 Å². The second-order valence-corrected chi connectivity index (χ2v) is 7.39. The molecule has 0 saturated carbocycles. The number of rotatable bonds is 9. The highest BCUT2D eigenvalue weighted by atomic mass is 127. The lowest BCUT2D eigenvalue weighted by Crippen LogP contribution is -2.34. The quantitative estimate of drug-likeness (QED) is 0.312. The highest BCUT2D eigenvalue weighted by molar-refractivity contribution is 14.0. The van der Waals surface area contributed by atoms with E-state index in [9.17, 15) is 0 Å². The summed E-state index contributed by atoms with van der Waals surface area (Å²) < 4.78 is 10.6. The van der Waals surface area contributed by atoms with Crippen molar-refractivity contribution in [1.29, 1.82) is 0 Å². The molecule has 28 heavy (non-hydrogen) atoms. The molecule has 0 saturated heterocycles. The lowest BCUT2D eigenvalue weighted by Gasteiger charge is -2.22. The molecule has 0 unspecified atom stereocenters. The van der Waals surface area contributed by atoms with Crippen molar-refractivity contribution in [3.05, 3.63) is 59.7 Å². The van der Waals surface area contributed by atoms with Gasteiger partial charge < -0.3 is 20.5 Å². The molecule has 2 aromatic rings. The third kappa shape index (κ3) is 7.96. The zero-order valence-corrected chi connectivity index (χ0v) is 19.5. The molecule has 0 heterocycles. The van der Waals surface area contributed by atoms with Gasteiger partial charge in [-0.1, -0.05) is 50.2 Å². The Morgan fingerprint density at radius 3 is 2.32 bits per heavy atom. The highest BCUT2D eigenvalue weighted by Gasteiger charge is 2.18. The Kier molecular flexibility index (Phi) is 10.1. The molecule has 0 fully saturated rings. The van der Waals surface area contributed by atoms with Crippen molar-refractivity contribution < 1.29 is 9.47 Å². The lowest BCUT2D eigenvalue weighted by molar-refractivity contribution is 0.354. The monoisotopic (exact) mass is 497 g/mol. The van der Waals surface area contributed by atoms with Gasteiger partial charge in [-0.15, -0.1) is 24.0 Å². The van der Waals surface area contributed by atoms with Crippen LogP contribution >= 0.6 is 24.0 Å². The number of aliphatic imine (C=N–C) groups is 1. The molecule has 0 amide bonds. The summed E-state index contributed by atoms with van der Waals surface area (Å²) in [6.07, 6.45) is 1.79. The molecule has 2 rings (SSSR count). The predicted molar refractivity (Wildman–Crippen MR) is 127 cm³/mol. The van der Waals surface area contributed by atoms with E-state index in [4.69, 9.17) is 15.2 Å². The standard InChI is InChI=1S/C22H31N3O2.HI/c1-22(2,15-18-8-6-5-7-9-18)16-25-21(23)24-13-12-17-10-11-19(26-3)20(14-17)27-4;/h5-11,14H,12-13,15-16H2,1-4H3,(H3,23,24,25);1H. The molecular weight excluding hydrogens is 465 g/mol. The zero-order chi connectivity index (χ0) is 19.7. The van der Waals surface area contributed by atoms with E-state index < -0.39 is 0 Å². The van der Waals surface area contributed by atoms with Gasteiger partial charge in [-0.3, -0.25) is 4.99 Å². The molecule has 2 aromatic carbocycles. The minimum atomic E-state index is 0. The van der Waals surface area contributed by atoms with Crippen LogP contribution in [0.2, 0.25) is 0 Å². The number of nitrogens with one attached hydrogen (secondary N) is 1. The number of hydrogen-bond acceptors (Lipinski definition) is 3. The summed E-state index contributed by atoms with van der Waals surface area (Å²) in [5.41, 5.74) is 8.55. The normalized spacial score (nSPS) is 11.5. The van der Waals surface area contributed by atoms with Crippen molar-refractivity contribution in [3.8, 4) is 11.5 Å². The molecule has 0 aromatic heterocycles. The molecule has 0 radical (unpaired) electrons. The molecule has 154 valence electrons. The number of nitrogens with two attached hydrogens (primary N) is 1. The Labute approximate surface area is 185 Å². The van der Waals surface area contributed by atoms with E-state index in [1.165, 1.54) is 5.56 Å². The van der Waals surface area contributed by atoms with Crippen LogP contribution in [0.4, 0.5) is 0 Å². The van der Waals surface area contributed by atoms with Crippen LogP contribution in [-0.4, -0.2) is 33.3 Å². The van der Waals surface area contributed by atoms with Crippen LogP contribution in [0.3, 0.4) is 0 Å². The lowest BCUT2D eigenvalue weighted by atomic mass is 9.86. The van der Waals surface area contributed by atoms with Crippen LogP contribution in [0.25, 0.3) is 0 Å². The minimum Gasteiger partial charge on any atom is -0.493 e. The first-order valence-electron chi connectivity index (χ1n) is 9.22. The van der Waals surface area contributed by atoms with Gasteiger partial charge in [-0.25, -0.2) is 0 Å². The fraction of sp³-hybridized carbons (Fsp3) is 0.409. The van der Waals surface area contributed by atoms with E-state index in [0.717, 1.165) is 29.9 Å². The average molecular weight is 497 g/mol. The summed E-state index contributed by atoms with van der Waals surface area (Å²) in [7, 11) is 3.28. The van der Waals surface area contributed by atoms with Crippen molar-refractivity contribution in [1.82, 2.24) is 5.32 Å². The molecule has 0 atom stereocenters. The maximum Gasteiger partial charge on any atom is 0.188 e. The first-order chi connectivity index (χ1) is 12.9. The van der Waals surface area contributed by atoms with Crippen molar-refractivity contribution in [2.24, 2.45) is 16.1 Å². The zero-order valence-electron chi connectivity index (χ0n) is 17.2. The molecule has 5 nitrogen and oxygen atoms in total. The van der Waals surface area contributed by atoms with Gasteiger partial charge in [0, 0.05) is 13.1 Å².